The van der Waals surface area contributed by atoms with E-state index in [4.69, 9.17) is 5.11 Å². The molecule has 0 fully saturated rings. The second kappa shape index (κ2) is 4.84. The SMILES string of the molecule is CCCn1ccc2cc(C(=O)O)cc(C(C)C)c21. The summed E-state index contributed by atoms with van der Waals surface area (Å²) in [5, 5.41) is 10.2. The maximum absolute atomic E-state index is 11.1. The maximum Gasteiger partial charge on any atom is 0.335 e. The van der Waals surface area contributed by atoms with Gasteiger partial charge in [0.05, 0.1) is 11.1 Å². The summed E-state index contributed by atoms with van der Waals surface area (Å²) in [6.45, 7) is 7.31. The minimum absolute atomic E-state index is 0.317. The van der Waals surface area contributed by atoms with Gasteiger partial charge in [0.2, 0.25) is 0 Å². The monoisotopic (exact) mass is 245 g/mol. The highest BCUT2D eigenvalue weighted by Crippen LogP contribution is 2.28. The Hall–Kier alpha value is -1.77. The number of nitrogens with zero attached hydrogens (tertiary/aromatic N) is 1. The van der Waals surface area contributed by atoms with Gasteiger partial charge < -0.3 is 9.67 Å². The molecule has 18 heavy (non-hydrogen) atoms. The van der Waals surface area contributed by atoms with Gasteiger partial charge >= 0.3 is 5.97 Å². The van der Waals surface area contributed by atoms with E-state index < -0.39 is 5.97 Å². The molecule has 3 nitrogen and oxygen atoms in total. The van der Waals surface area contributed by atoms with E-state index in [0.29, 0.717) is 11.5 Å². The van der Waals surface area contributed by atoms with E-state index in [9.17, 15) is 4.79 Å². The Morgan fingerprint density at radius 2 is 2.11 bits per heavy atom. The zero-order valence-corrected chi connectivity index (χ0v) is 11.1. The van der Waals surface area contributed by atoms with Crippen LogP contribution in [0.5, 0.6) is 0 Å². The molecule has 1 aromatic carbocycles. The third-order valence-electron chi connectivity index (χ3n) is 3.22. The van der Waals surface area contributed by atoms with Gasteiger partial charge in [-0.15, -0.1) is 0 Å². The summed E-state index contributed by atoms with van der Waals surface area (Å²) in [5.41, 5.74) is 2.67. The normalized spacial score (nSPS) is 11.3. The third kappa shape index (κ3) is 2.13. The first-order chi connectivity index (χ1) is 8.54. The molecule has 1 aromatic heterocycles. The number of carboxylic acid groups (broad SMARTS) is 1. The number of fused-ring (bicyclic) bond motifs is 1. The Morgan fingerprint density at radius 3 is 2.67 bits per heavy atom. The van der Waals surface area contributed by atoms with Crippen LogP contribution in [0.2, 0.25) is 0 Å². The van der Waals surface area contributed by atoms with Gasteiger partial charge in [-0.25, -0.2) is 4.79 Å². The summed E-state index contributed by atoms with van der Waals surface area (Å²) in [7, 11) is 0. The molecule has 2 aromatic rings. The molecule has 0 saturated heterocycles. The molecule has 0 atom stereocenters. The number of rotatable bonds is 4. The van der Waals surface area contributed by atoms with Crippen molar-refractivity contribution in [3.05, 3.63) is 35.5 Å². The van der Waals surface area contributed by atoms with Crippen molar-refractivity contribution in [2.24, 2.45) is 0 Å². The molecule has 0 bridgehead atoms. The van der Waals surface area contributed by atoms with E-state index in [1.54, 1.807) is 6.07 Å². The van der Waals surface area contributed by atoms with Crippen LogP contribution in [0.3, 0.4) is 0 Å². The van der Waals surface area contributed by atoms with Gasteiger partial charge in [-0.2, -0.15) is 0 Å². The van der Waals surface area contributed by atoms with Gasteiger partial charge in [0.15, 0.2) is 0 Å². The third-order valence-corrected chi connectivity index (χ3v) is 3.22. The molecule has 0 amide bonds. The highest BCUT2D eigenvalue weighted by Gasteiger charge is 2.14. The number of carbonyl (C=O) groups is 1. The predicted molar refractivity (Wildman–Crippen MR) is 73.3 cm³/mol. The fourth-order valence-corrected chi connectivity index (χ4v) is 2.37. The predicted octanol–water partition coefficient (Wildman–Crippen LogP) is 3.87. The van der Waals surface area contributed by atoms with Crippen molar-refractivity contribution < 1.29 is 9.90 Å². The first kappa shape index (κ1) is 12.7. The molecule has 3 heteroatoms. The van der Waals surface area contributed by atoms with Crippen LogP contribution in [0, 0.1) is 0 Å². The number of aryl methyl sites for hydroxylation is 1. The largest absolute Gasteiger partial charge is 0.478 e. The molecular formula is C15H19NO2. The summed E-state index contributed by atoms with van der Waals surface area (Å²) >= 11 is 0. The first-order valence-corrected chi connectivity index (χ1v) is 6.40. The molecule has 96 valence electrons. The van der Waals surface area contributed by atoms with E-state index >= 15 is 0 Å². The lowest BCUT2D eigenvalue weighted by molar-refractivity contribution is 0.0697. The van der Waals surface area contributed by atoms with Gasteiger partial charge in [0.25, 0.3) is 0 Å². The smallest absolute Gasteiger partial charge is 0.335 e. The molecule has 0 aliphatic rings. The van der Waals surface area contributed by atoms with Gasteiger partial charge in [-0.05, 0) is 36.1 Å². The van der Waals surface area contributed by atoms with E-state index in [1.165, 1.54) is 5.52 Å². The highest BCUT2D eigenvalue weighted by atomic mass is 16.4. The van der Waals surface area contributed by atoms with Crippen molar-refractivity contribution in [1.29, 1.82) is 0 Å². The lowest BCUT2D eigenvalue weighted by Crippen LogP contribution is -2.03. The zero-order chi connectivity index (χ0) is 13.3. The molecular weight excluding hydrogens is 226 g/mol. The number of carboxylic acids is 1. The highest BCUT2D eigenvalue weighted by molar-refractivity contribution is 5.95. The van der Waals surface area contributed by atoms with Crippen LogP contribution < -0.4 is 0 Å². The van der Waals surface area contributed by atoms with Crippen LogP contribution >= 0.6 is 0 Å². The molecule has 0 aliphatic carbocycles. The number of hydrogen-bond acceptors (Lipinski definition) is 1. The molecule has 0 aliphatic heterocycles. The quantitative estimate of drug-likeness (QED) is 0.888. The van der Waals surface area contributed by atoms with Crippen LogP contribution in [-0.2, 0) is 6.54 Å². The van der Waals surface area contributed by atoms with Crippen LogP contribution in [0.25, 0.3) is 10.9 Å². The van der Waals surface area contributed by atoms with Crippen molar-refractivity contribution in [3.8, 4) is 0 Å². The number of benzene rings is 1. The van der Waals surface area contributed by atoms with Crippen LogP contribution in [-0.4, -0.2) is 15.6 Å². The zero-order valence-electron chi connectivity index (χ0n) is 11.1. The van der Waals surface area contributed by atoms with Gasteiger partial charge in [-0.3, -0.25) is 0 Å². The Morgan fingerprint density at radius 1 is 1.39 bits per heavy atom. The Kier molecular flexibility index (Phi) is 3.41. The summed E-state index contributed by atoms with van der Waals surface area (Å²) < 4.78 is 2.22. The number of hydrogen-bond donors (Lipinski definition) is 1. The standard InChI is InChI=1S/C15H19NO2/c1-4-6-16-7-5-11-8-12(15(17)18)9-13(10(2)3)14(11)16/h5,7-10H,4,6H2,1-3H3,(H,17,18). The summed E-state index contributed by atoms with van der Waals surface area (Å²) in [6, 6.07) is 5.57. The van der Waals surface area contributed by atoms with E-state index in [2.05, 4.69) is 25.3 Å². The second-order valence-corrected chi connectivity index (χ2v) is 4.97. The molecule has 0 unspecified atom stereocenters. The fraction of sp³-hybridized carbons (Fsp3) is 0.400. The lowest BCUT2D eigenvalue weighted by atomic mass is 9.97. The van der Waals surface area contributed by atoms with E-state index in [0.717, 1.165) is 23.9 Å². The molecule has 2 rings (SSSR count). The number of aromatic carboxylic acids is 1. The van der Waals surface area contributed by atoms with Gasteiger partial charge in [-0.1, -0.05) is 20.8 Å². The van der Waals surface area contributed by atoms with Crippen LogP contribution in [0.15, 0.2) is 24.4 Å². The average molecular weight is 245 g/mol. The molecule has 1 N–H and O–H groups in total. The minimum atomic E-state index is -0.859. The van der Waals surface area contributed by atoms with Crippen molar-refractivity contribution in [1.82, 2.24) is 4.57 Å². The lowest BCUT2D eigenvalue weighted by Gasteiger charge is -2.13. The Balaban J connectivity index is 2.71. The molecule has 1 heterocycles. The van der Waals surface area contributed by atoms with Crippen molar-refractivity contribution in [2.45, 2.75) is 39.7 Å². The molecule has 0 saturated carbocycles. The Labute approximate surface area is 107 Å². The van der Waals surface area contributed by atoms with E-state index in [-0.39, 0.29) is 0 Å². The Bertz CT molecular complexity index is 581. The van der Waals surface area contributed by atoms with Crippen molar-refractivity contribution in [3.63, 3.8) is 0 Å². The van der Waals surface area contributed by atoms with Crippen LogP contribution in [0.1, 0.15) is 49.0 Å². The van der Waals surface area contributed by atoms with Crippen molar-refractivity contribution in [2.75, 3.05) is 0 Å². The van der Waals surface area contributed by atoms with E-state index in [1.807, 2.05) is 18.3 Å². The average Bonchev–Trinajstić information content (AvgIpc) is 2.71. The van der Waals surface area contributed by atoms with Crippen molar-refractivity contribution >= 4 is 16.9 Å². The fourth-order valence-electron chi connectivity index (χ4n) is 2.37. The maximum atomic E-state index is 11.1. The molecule has 0 spiro atoms. The summed E-state index contributed by atoms with van der Waals surface area (Å²) in [4.78, 5) is 11.1. The summed E-state index contributed by atoms with van der Waals surface area (Å²) in [5.74, 6) is -0.542. The topological polar surface area (TPSA) is 42.2 Å². The van der Waals surface area contributed by atoms with Crippen LogP contribution in [0.4, 0.5) is 0 Å². The second-order valence-electron chi connectivity index (χ2n) is 4.97. The molecule has 0 radical (unpaired) electrons. The minimum Gasteiger partial charge on any atom is -0.478 e. The summed E-state index contributed by atoms with van der Waals surface area (Å²) in [6.07, 6.45) is 3.12. The van der Waals surface area contributed by atoms with Gasteiger partial charge in [0.1, 0.15) is 0 Å². The first-order valence-electron chi connectivity index (χ1n) is 6.40. The number of aromatic nitrogens is 1. The van der Waals surface area contributed by atoms with Gasteiger partial charge in [0, 0.05) is 18.1 Å².